The van der Waals surface area contributed by atoms with Gasteiger partial charge in [0.1, 0.15) is 21.3 Å². The molecule has 0 radical (unpaired) electrons. The SMILES string of the molecule is CCOC(=O)c1sc2nc(COC(=O)Cc3ccccc3OC)nc(N)c2c1C. The number of nitrogens with two attached hydrogens (primary N) is 1. The summed E-state index contributed by atoms with van der Waals surface area (Å²) in [6, 6.07) is 7.22. The minimum atomic E-state index is -0.439. The first-order chi connectivity index (χ1) is 13.9. The van der Waals surface area contributed by atoms with Crippen LogP contribution in [0, 0.1) is 6.92 Å². The quantitative estimate of drug-likeness (QED) is 0.586. The van der Waals surface area contributed by atoms with Gasteiger partial charge in [-0.15, -0.1) is 11.3 Å². The lowest BCUT2D eigenvalue weighted by atomic mass is 10.1. The number of methoxy groups -OCH3 is 1. The van der Waals surface area contributed by atoms with Gasteiger partial charge >= 0.3 is 11.9 Å². The van der Waals surface area contributed by atoms with Crippen LogP contribution in [0.4, 0.5) is 5.82 Å². The molecule has 9 heteroatoms. The molecule has 3 aromatic rings. The van der Waals surface area contributed by atoms with E-state index in [9.17, 15) is 9.59 Å². The Bertz CT molecular complexity index is 1060. The second-order valence-corrected chi connectivity index (χ2v) is 7.13. The van der Waals surface area contributed by atoms with Gasteiger partial charge in [-0.2, -0.15) is 0 Å². The minimum absolute atomic E-state index is 0.0624. The summed E-state index contributed by atoms with van der Waals surface area (Å²) < 4.78 is 15.6. The molecule has 0 unspecified atom stereocenters. The van der Waals surface area contributed by atoms with Gasteiger partial charge in [0.05, 0.1) is 25.5 Å². The van der Waals surface area contributed by atoms with Crippen LogP contribution in [0.5, 0.6) is 5.75 Å². The number of esters is 2. The average Bonchev–Trinajstić information content (AvgIpc) is 3.04. The van der Waals surface area contributed by atoms with Crippen LogP contribution in [-0.4, -0.2) is 35.6 Å². The molecule has 3 rings (SSSR count). The van der Waals surface area contributed by atoms with Crippen LogP contribution in [0.15, 0.2) is 24.3 Å². The van der Waals surface area contributed by atoms with E-state index in [1.54, 1.807) is 33.1 Å². The van der Waals surface area contributed by atoms with Gasteiger partial charge in [-0.3, -0.25) is 4.79 Å². The van der Waals surface area contributed by atoms with Gasteiger partial charge in [0.25, 0.3) is 0 Å². The van der Waals surface area contributed by atoms with Gasteiger partial charge in [-0.05, 0) is 25.5 Å². The van der Waals surface area contributed by atoms with Crippen LogP contribution in [0.3, 0.4) is 0 Å². The third kappa shape index (κ3) is 4.45. The van der Waals surface area contributed by atoms with E-state index in [2.05, 4.69) is 9.97 Å². The molecule has 0 saturated heterocycles. The van der Waals surface area contributed by atoms with Gasteiger partial charge in [0.15, 0.2) is 12.4 Å². The third-order valence-electron chi connectivity index (χ3n) is 4.21. The maximum atomic E-state index is 12.2. The highest BCUT2D eigenvalue weighted by Gasteiger charge is 2.21. The van der Waals surface area contributed by atoms with Crippen molar-refractivity contribution in [2.24, 2.45) is 0 Å². The molecular formula is C20H21N3O5S. The predicted octanol–water partition coefficient (Wildman–Crippen LogP) is 3.05. The smallest absolute Gasteiger partial charge is 0.348 e. The fraction of sp³-hybridized carbons (Fsp3) is 0.300. The van der Waals surface area contributed by atoms with Crippen LogP contribution in [-0.2, 0) is 27.3 Å². The number of carbonyl (C=O) groups excluding carboxylic acids is 2. The number of aryl methyl sites for hydroxylation is 1. The molecule has 0 bridgehead atoms. The molecule has 8 nitrogen and oxygen atoms in total. The fourth-order valence-electron chi connectivity index (χ4n) is 2.87. The van der Waals surface area contributed by atoms with E-state index in [0.29, 0.717) is 26.4 Å². The Labute approximate surface area is 171 Å². The van der Waals surface area contributed by atoms with Crippen molar-refractivity contribution in [3.05, 3.63) is 46.1 Å². The van der Waals surface area contributed by atoms with E-state index in [1.165, 1.54) is 11.3 Å². The number of thiophene rings is 1. The molecule has 29 heavy (non-hydrogen) atoms. The first kappa shape index (κ1) is 20.5. The van der Waals surface area contributed by atoms with Crippen molar-refractivity contribution in [1.29, 1.82) is 0 Å². The lowest BCUT2D eigenvalue weighted by molar-refractivity contribution is -0.144. The molecule has 0 aliphatic heterocycles. The molecule has 0 amide bonds. The fourth-order valence-corrected chi connectivity index (χ4v) is 3.97. The number of aromatic nitrogens is 2. The summed E-state index contributed by atoms with van der Waals surface area (Å²) in [7, 11) is 1.55. The van der Waals surface area contributed by atoms with E-state index in [1.807, 2.05) is 12.1 Å². The van der Waals surface area contributed by atoms with Crippen LogP contribution >= 0.6 is 11.3 Å². The number of anilines is 1. The van der Waals surface area contributed by atoms with Crippen LogP contribution in [0.25, 0.3) is 10.2 Å². The number of nitrogen functional groups attached to an aromatic ring is 1. The summed E-state index contributed by atoms with van der Waals surface area (Å²) in [6.45, 7) is 3.67. The van der Waals surface area contributed by atoms with E-state index in [4.69, 9.17) is 19.9 Å². The highest BCUT2D eigenvalue weighted by molar-refractivity contribution is 7.20. The molecule has 152 valence electrons. The lowest BCUT2D eigenvalue weighted by Crippen LogP contribution is -2.11. The molecule has 0 aliphatic carbocycles. The molecule has 0 atom stereocenters. The number of hydrogen-bond donors (Lipinski definition) is 1. The molecule has 0 fully saturated rings. The van der Waals surface area contributed by atoms with Gasteiger partial charge in [-0.25, -0.2) is 14.8 Å². The highest BCUT2D eigenvalue weighted by Crippen LogP contribution is 2.33. The van der Waals surface area contributed by atoms with Crippen molar-refractivity contribution >= 4 is 39.3 Å². The average molecular weight is 415 g/mol. The normalized spacial score (nSPS) is 10.7. The summed E-state index contributed by atoms with van der Waals surface area (Å²) in [5.41, 5.74) is 7.47. The number of hydrogen-bond acceptors (Lipinski definition) is 9. The zero-order chi connectivity index (χ0) is 21.0. The maximum Gasteiger partial charge on any atom is 0.348 e. The van der Waals surface area contributed by atoms with E-state index >= 15 is 0 Å². The van der Waals surface area contributed by atoms with Crippen LogP contribution in [0.1, 0.15) is 33.5 Å². The topological polar surface area (TPSA) is 114 Å². The number of benzene rings is 1. The molecule has 0 saturated carbocycles. The molecule has 1 aromatic carbocycles. The number of carbonyl (C=O) groups is 2. The van der Waals surface area contributed by atoms with Crippen molar-refractivity contribution in [3.63, 3.8) is 0 Å². The molecule has 0 aliphatic rings. The Morgan fingerprint density at radius 1 is 1.17 bits per heavy atom. The summed E-state index contributed by atoms with van der Waals surface area (Å²) in [5.74, 6) is 0.255. The van der Waals surface area contributed by atoms with Gasteiger partial charge < -0.3 is 19.9 Å². The molecule has 0 spiro atoms. The second kappa shape index (κ2) is 8.87. The predicted molar refractivity (Wildman–Crippen MR) is 109 cm³/mol. The Kier molecular flexibility index (Phi) is 6.28. The summed E-state index contributed by atoms with van der Waals surface area (Å²) in [5, 5.41) is 0.613. The summed E-state index contributed by atoms with van der Waals surface area (Å²) in [6.07, 6.45) is 0.0624. The van der Waals surface area contributed by atoms with Crippen LogP contribution in [0.2, 0.25) is 0 Å². The van der Waals surface area contributed by atoms with E-state index in [0.717, 1.165) is 5.56 Å². The monoisotopic (exact) mass is 415 g/mol. The van der Waals surface area contributed by atoms with Crippen LogP contribution < -0.4 is 10.5 Å². The highest BCUT2D eigenvalue weighted by atomic mass is 32.1. The molecule has 2 N–H and O–H groups in total. The summed E-state index contributed by atoms with van der Waals surface area (Å²) in [4.78, 5) is 33.9. The third-order valence-corrected chi connectivity index (χ3v) is 5.38. The summed E-state index contributed by atoms with van der Waals surface area (Å²) >= 11 is 1.18. The zero-order valence-corrected chi connectivity index (χ0v) is 17.2. The van der Waals surface area contributed by atoms with Gasteiger partial charge in [0, 0.05) is 5.56 Å². The molecule has 2 heterocycles. The number of para-hydroxylation sites is 1. The van der Waals surface area contributed by atoms with Crippen molar-refractivity contribution < 1.29 is 23.8 Å². The number of ether oxygens (including phenoxy) is 3. The van der Waals surface area contributed by atoms with Crippen molar-refractivity contribution in [3.8, 4) is 5.75 Å². The van der Waals surface area contributed by atoms with Crippen molar-refractivity contribution in [2.45, 2.75) is 26.9 Å². The molecule has 2 aromatic heterocycles. The van der Waals surface area contributed by atoms with E-state index < -0.39 is 11.9 Å². The first-order valence-electron chi connectivity index (χ1n) is 8.94. The Hall–Kier alpha value is -3.20. The Balaban J connectivity index is 1.75. The lowest BCUT2D eigenvalue weighted by Gasteiger charge is -2.08. The van der Waals surface area contributed by atoms with E-state index in [-0.39, 0.29) is 31.3 Å². The van der Waals surface area contributed by atoms with Gasteiger partial charge in [0.2, 0.25) is 0 Å². The van der Waals surface area contributed by atoms with Crippen molar-refractivity contribution in [1.82, 2.24) is 9.97 Å². The number of nitrogens with zero attached hydrogens (tertiary/aromatic N) is 2. The van der Waals surface area contributed by atoms with Crippen molar-refractivity contribution in [2.75, 3.05) is 19.5 Å². The molecular weight excluding hydrogens is 394 g/mol. The zero-order valence-electron chi connectivity index (χ0n) is 16.4. The second-order valence-electron chi connectivity index (χ2n) is 6.13. The maximum absolute atomic E-state index is 12.2. The Morgan fingerprint density at radius 3 is 2.66 bits per heavy atom. The van der Waals surface area contributed by atoms with Gasteiger partial charge in [-0.1, -0.05) is 18.2 Å². The Morgan fingerprint density at radius 2 is 1.93 bits per heavy atom. The minimum Gasteiger partial charge on any atom is -0.496 e. The standard InChI is InChI=1S/C20H21N3O5S/c1-4-27-20(25)17-11(2)16-18(21)22-14(23-19(16)29-17)10-28-15(24)9-12-7-5-6-8-13(12)26-3/h5-8H,4,9-10H2,1-3H3,(H2,21,22,23). The number of rotatable bonds is 7. The largest absolute Gasteiger partial charge is 0.496 e. The number of fused-ring (bicyclic) bond motifs is 1. The first-order valence-corrected chi connectivity index (χ1v) is 9.76.